The maximum Gasteiger partial charge on any atom is 0.319 e. The van der Waals surface area contributed by atoms with Gasteiger partial charge in [-0.25, -0.2) is 4.79 Å². The molecule has 23 heavy (non-hydrogen) atoms. The van der Waals surface area contributed by atoms with Crippen molar-refractivity contribution in [3.8, 4) is 0 Å². The Kier molecular flexibility index (Phi) is 5.46. The smallest absolute Gasteiger partial charge is 0.319 e. The predicted octanol–water partition coefficient (Wildman–Crippen LogP) is 5.38. The lowest BCUT2D eigenvalue weighted by molar-refractivity contribution is 0.242. The maximum atomic E-state index is 12.3. The highest BCUT2D eigenvalue weighted by molar-refractivity contribution is 14.1. The van der Waals surface area contributed by atoms with E-state index in [0.717, 1.165) is 26.0 Å². The minimum absolute atomic E-state index is 0.225. The van der Waals surface area contributed by atoms with Crippen molar-refractivity contribution in [1.82, 2.24) is 5.32 Å². The van der Waals surface area contributed by atoms with Crippen LogP contribution >= 0.6 is 22.6 Å². The lowest BCUT2D eigenvalue weighted by atomic mass is 9.92. The molecule has 0 fully saturated rings. The monoisotopic (exact) mass is 420 g/mol. The third-order valence-electron chi connectivity index (χ3n) is 3.61. The zero-order valence-electron chi connectivity index (χ0n) is 13.6. The van der Waals surface area contributed by atoms with Crippen molar-refractivity contribution in [2.24, 2.45) is 0 Å². The van der Waals surface area contributed by atoms with Gasteiger partial charge in [0.05, 0.1) is 5.54 Å². The third kappa shape index (κ3) is 4.82. The van der Waals surface area contributed by atoms with E-state index >= 15 is 0 Å². The number of rotatable bonds is 4. The van der Waals surface area contributed by atoms with Gasteiger partial charge in [-0.1, -0.05) is 30.4 Å². The molecule has 0 aliphatic carbocycles. The zero-order chi connectivity index (χ0) is 17.0. The molecule has 0 aromatic heterocycles. The van der Waals surface area contributed by atoms with Crippen LogP contribution in [0.5, 0.6) is 0 Å². The molecule has 0 aliphatic heterocycles. The average Bonchev–Trinajstić information content (AvgIpc) is 2.49. The van der Waals surface area contributed by atoms with Crippen LogP contribution in [0.3, 0.4) is 0 Å². The van der Waals surface area contributed by atoms with E-state index in [0.29, 0.717) is 0 Å². The summed E-state index contributed by atoms with van der Waals surface area (Å²) in [6, 6.07) is 15.5. The van der Waals surface area contributed by atoms with Crippen molar-refractivity contribution in [2.45, 2.75) is 26.3 Å². The fraction of sp³-hybridized carbons (Fsp3) is 0.211. The summed E-state index contributed by atoms with van der Waals surface area (Å²) in [6.07, 6.45) is 0. The van der Waals surface area contributed by atoms with E-state index in [-0.39, 0.29) is 6.03 Å². The Morgan fingerprint density at radius 3 is 2.39 bits per heavy atom. The van der Waals surface area contributed by atoms with E-state index in [1.807, 2.05) is 63.2 Å². The lowest BCUT2D eigenvalue weighted by Crippen LogP contribution is -2.43. The van der Waals surface area contributed by atoms with Gasteiger partial charge in [-0.3, -0.25) is 0 Å². The molecule has 4 heteroatoms. The van der Waals surface area contributed by atoms with Gasteiger partial charge in [0, 0.05) is 9.26 Å². The van der Waals surface area contributed by atoms with Crippen molar-refractivity contribution >= 4 is 39.9 Å². The van der Waals surface area contributed by atoms with Crippen LogP contribution in [0, 0.1) is 3.57 Å². The number of amides is 2. The number of benzene rings is 2. The first-order valence-electron chi connectivity index (χ1n) is 7.39. The normalized spacial score (nSPS) is 11.0. The zero-order valence-corrected chi connectivity index (χ0v) is 15.8. The highest BCUT2D eigenvalue weighted by Crippen LogP contribution is 2.23. The summed E-state index contributed by atoms with van der Waals surface area (Å²) in [6.45, 7) is 9.92. The molecule has 2 N–H and O–H groups in total. The molecule has 2 amide bonds. The molecule has 120 valence electrons. The minimum atomic E-state index is -0.487. The summed E-state index contributed by atoms with van der Waals surface area (Å²) in [7, 11) is 0. The van der Waals surface area contributed by atoms with E-state index in [9.17, 15) is 4.79 Å². The highest BCUT2D eigenvalue weighted by Gasteiger charge is 2.23. The summed E-state index contributed by atoms with van der Waals surface area (Å²) in [5.74, 6) is 0. The summed E-state index contributed by atoms with van der Waals surface area (Å²) in [5, 5.41) is 5.88. The fourth-order valence-corrected chi connectivity index (χ4v) is 2.58. The van der Waals surface area contributed by atoms with Gasteiger partial charge in [0.25, 0.3) is 0 Å². The van der Waals surface area contributed by atoms with E-state index in [1.165, 1.54) is 0 Å². The van der Waals surface area contributed by atoms with E-state index in [2.05, 4.69) is 45.9 Å². The van der Waals surface area contributed by atoms with E-state index in [1.54, 1.807) is 0 Å². The molecule has 0 radical (unpaired) electrons. The molecule has 2 aromatic carbocycles. The SMILES string of the molecule is C=C(C)c1cccc(C(C)(C)NC(=O)Nc2ccc(I)cc2)c1. The van der Waals surface area contributed by atoms with Crippen molar-refractivity contribution in [3.05, 3.63) is 69.8 Å². The number of anilines is 1. The van der Waals surface area contributed by atoms with Crippen LogP contribution in [0.1, 0.15) is 31.9 Å². The first-order valence-corrected chi connectivity index (χ1v) is 8.47. The summed E-state index contributed by atoms with van der Waals surface area (Å²) in [5.41, 5.74) is 3.41. The van der Waals surface area contributed by atoms with Gasteiger partial charge in [-0.05, 0) is 84.8 Å². The van der Waals surface area contributed by atoms with Crippen LogP contribution in [-0.4, -0.2) is 6.03 Å². The van der Waals surface area contributed by atoms with Gasteiger partial charge >= 0.3 is 6.03 Å². The predicted molar refractivity (Wildman–Crippen MR) is 105 cm³/mol. The maximum absolute atomic E-state index is 12.3. The van der Waals surface area contributed by atoms with Crippen LogP contribution < -0.4 is 10.6 Å². The van der Waals surface area contributed by atoms with Crippen LogP contribution in [-0.2, 0) is 5.54 Å². The number of hydrogen-bond donors (Lipinski definition) is 2. The van der Waals surface area contributed by atoms with Crippen LogP contribution in [0.2, 0.25) is 0 Å². The molecule has 0 atom stereocenters. The summed E-state index contributed by atoms with van der Waals surface area (Å²) in [4.78, 5) is 12.3. The Morgan fingerprint density at radius 2 is 1.78 bits per heavy atom. The molecular weight excluding hydrogens is 399 g/mol. The number of halogens is 1. The molecule has 0 aliphatic rings. The fourth-order valence-electron chi connectivity index (χ4n) is 2.22. The molecule has 0 spiro atoms. The molecule has 0 saturated carbocycles. The van der Waals surface area contributed by atoms with Crippen molar-refractivity contribution < 1.29 is 4.79 Å². The van der Waals surface area contributed by atoms with Crippen LogP contribution in [0.15, 0.2) is 55.1 Å². The summed E-state index contributed by atoms with van der Waals surface area (Å²) >= 11 is 2.23. The number of allylic oxidation sites excluding steroid dienone is 1. The van der Waals surface area contributed by atoms with Gasteiger partial charge < -0.3 is 10.6 Å². The standard InChI is InChI=1S/C19H21IN2O/c1-13(2)14-6-5-7-15(12-14)19(3,4)22-18(23)21-17-10-8-16(20)9-11-17/h5-12H,1H2,2-4H3,(H2,21,22,23). The van der Waals surface area contributed by atoms with E-state index < -0.39 is 5.54 Å². The number of nitrogens with one attached hydrogen (secondary N) is 2. The second kappa shape index (κ2) is 7.17. The number of carbonyl (C=O) groups is 1. The van der Waals surface area contributed by atoms with Crippen LogP contribution in [0.4, 0.5) is 10.5 Å². The molecule has 0 bridgehead atoms. The number of hydrogen-bond acceptors (Lipinski definition) is 1. The number of urea groups is 1. The second-order valence-electron chi connectivity index (χ2n) is 6.07. The third-order valence-corrected chi connectivity index (χ3v) is 4.32. The largest absolute Gasteiger partial charge is 0.329 e. The molecule has 2 rings (SSSR count). The first kappa shape index (κ1) is 17.5. The van der Waals surface area contributed by atoms with Crippen molar-refractivity contribution in [2.75, 3.05) is 5.32 Å². The molecule has 3 nitrogen and oxygen atoms in total. The molecule has 0 heterocycles. The summed E-state index contributed by atoms with van der Waals surface area (Å²) < 4.78 is 1.13. The second-order valence-corrected chi connectivity index (χ2v) is 7.32. The Labute approximate surface area is 151 Å². The quantitative estimate of drug-likeness (QED) is 0.641. The Morgan fingerprint density at radius 1 is 1.13 bits per heavy atom. The van der Waals surface area contributed by atoms with Gasteiger partial charge in [-0.2, -0.15) is 0 Å². The highest BCUT2D eigenvalue weighted by atomic mass is 127. The van der Waals surface area contributed by atoms with Gasteiger partial charge in [0.15, 0.2) is 0 Å². The average molecular weight is 420 g/mol. The Bertz CT molecular complexity index is 720. The number of carbonyl (C=O) groups excluding carboxylic acids is 1. The topological polar surface area (TPSA) is 41.1 Å². The minimum Gasteiger partial charge on any atom is -0.329 e. The van der Waals surface area contributed by atoms with Gasteiger partial charge in [-0.15, -0.1) is 0 Å². The lowest BCUT2D eigenvalue weighted by Gasteiger charge is -2.27. The van der Waals surface area contributed by atoms with Crippen molar-refractivity contribution in [3.63, 3.8) is 0 Å². The molecule has 0 saturated heterocycles. The van der Waals surface area contributed by atoms with Gasteiger partial charge in [0.1, 0.15) is 0 Å². The first-order chi connectivity index (χ1) is 10.8. The van der Waals surface area contributed by atoms with Crippen LogP contribution in [0.25, 0.3) is 5.57 Å². The van der Waals surface area contributed by atoms with Gasteiger partial charge in [0.2, 0.25) is 0 Å². The Hall–Kier alpha value is -1.82. The Balaban J connectivity index is 2.10. The molecule has 0 unspecified atom stereocenters. The van der Waals surface area contributed by atoms with Crippen molar-refractivity contribution in [1.29, 1.82) is 0 Å². The van der Waals surface area contributed by atoms with E-state index in [4.69, 9.17) is 0 Å². The molecule has 2 aromatic rings. The molecular formula is C19H21IN2O.